The molecule has 0 aliphatic heterocycles. The normalized spacial score (nSPS) is 21.6. The largest absolute Gasteiger partial charge is 0.363 e. The minimum absolute atomic E-state index is 0.0110. The number of hydrogen-bond acceptors (Lipinski definition) is 4. The maximum atomic E-state index is 14.8. The fraction of sp³-hybridized carbons (Fsp3) is 0.435. The van der Waals surface area contributed by atoms with Crippen LogP contribution in [0.4, 0.5) is 23.4 Å². The van der Waals surface area contributed by atoms with E-state index >= 15 is 0 Å². The maximum Gasteiger partial charge on any atom is 0.273 e. The van der Waals surface area contributed by atoms with E-state index in [-0.39, 0.29) is 17.0 Å². The summed E-state index contributed by atoms with van der Waals surface area (Å²) in [5, 5.41) is 3.53. The summed E-state index contributed by atoms with van der Waals surface area (Å²) in [4.78, 5) is 21.3. The van der Waals surface area contributed by atoms with Crippen molar-refractivity contribution in [2.45, 2.75) is 51.6 Å². The first-order valence-electron chi connectivity index (χ1n) is 10.4. The molecule has 2 aromatic heterocycles. The molecule has 3 aromatic rings. The number of nitrogens with zero attached hydrogens (tertiary/aromatic N) is 3. The summed E-state index contributed by atoms with van der Waals surface area (Å²) in [6.07, 6.45) is 2.08. The van der Waals surface area contributed by atoms with Gasteiger partial charge in [-0.3, -0.25) is 4.79 Å². The van der Waals surface area contributed by atoms with Gasteiger partial charge in [-0.05, 0) is 26.2 Å². The number of aromatic nitrogens is 3. The summed E-state index contributed by atoms with van der Waals surface area (Å²) in [6, 6.07) is 4.48. The Kier molecular flexibility index (Phi) is 5.26. The van der Waals surface area contributed by atoms with Crippen LogP contribution >= 0.6 is 0 Å². The van der Waals surface area contributed by atoms with Gasteiger partial charge in [0, 0.05) is 24.8 Å². The molecule has 0 radical (unpaired) electrons. The molecule has 0 amide bonds. The van der Waals surface area contributed by atoms with Gasteiger partial charge in [0.25, 0.3) is 11.5 Å². The molecule has 1 N–H and O–H groups in total. The number of nitrogens with one attached hydrogen (secondary N) is 1. The highest BCUT2D eigenvalue weighted by Gasteiger charge is 2.53. The highest BCUT2D eigenvalue weighted by atomic mass is 19.3. The molecule has 1 fully saturated rings. The number of pyridine rings is 1. The van der Waals surface area contributed by atoms with Crippen molar-refractivity contribution in [3.8, 4) is 0 Å². The number of halogens is 4. The van der Waals surface area contributed by atoms with E-state index in [0.29, 0.717) is 35.9 Å². The van der Waals surface area contributed by atoms with Gasteiger partial charge in [0.05, 0.1) is 28.0 Å². The Morgan fingerprint density at radius 1 is 1.34 bits per heavy atom. The Balaban J connectivity index is 1.79. The Labute approximate surface area is 182 Å². The standard InChI is InChI=1S/C23H24F4N4O/c1-12-9-23(12,11-24)31-10-16-18(8-19(31)32)29-14(3)30-21(16)28-13(2)15-6-5-7-17(20(15)25)22(4,26)27/h5-8,10,12-13H,9,11H2,1-4H3,(H,28,29,30)/t12?,13-,23?/m1/s1. The Morgan fingerprint density at radius 2 is 2.03 bits per heavy atom. The molecule has 1 aromatic carbocycles. The summed E-state index contributed by atoms with van der Waals surface area (Å²) in [5.74, 6) is -3.62. The maximum absolute atomic E-state index is 14.8. The van der Waals surface area contributed by atoms with Crippen molar-refractivity contribution in [3.63, 3.8) is 0 Å². The van der Waals surface area contributed by atoms with Crippen LogP contribution in [0.5, 0.6) is 0 Å². The molecular formula is C23H24F4N4O. The predicted octanol–water partition coefficient (Wildman–Crippen LogP) is 5.23. The lowest BCUT2D eigenvalue weighted by molar-refractivity contribution is 0.0136. The highest BCUT2D eigenvalue weighted by Crippen LogP contribution is 2.49. The van der Waals surface area contributed by atoms with Crippen molar-refractivity contribution in [1.29, 1.82) is 0 Å². The Bertz CT molecular complexity index is 1250. The van der Waals surface area contributed by atoms with Crippen LogP contribution in [0.1, 0.15) is 50.2 Å². The molecule has 170 valence electrons. The summed E-state index contributed by atoms with van der Waals surface area (Å²) in [5.41, 5.74) is -1.51. The minimum atomic E-state index is -3.32. The molecule has 5 nitrogen and oxygen atoms in total. The lowest BCUT2D eigenvalue weighted by Crippen LogP contribution is -2.32. The van der Waals surface area contributed by atoms with Gasteiger partial charge in [0.2, 0.25) is 0 Å². The molecule has 4 rings (SSSR count). The molecule has 32 heavy (non-hydrogen) atoms. The van der Waals surface area contributed by atoms with Crippen LogP contribution in [0.25, 0.3) is 10.9 Å². The number of hydrogen-bond donors (Lipinski definition) is 1. The smallest absolute Gasteiger partial charge is 0.273 e. The lowest BCUT2D eigenvalue weighted by Gasteiger charge is -2.21. The average Bonchev–Trinajstić information content (AvgIpc) is 3.37. The quantitative estimate of drug-likeness (QED) is 0.525. The SMILES string of the molecule is Cc1nc(N[C@H](C)c2cccc(C(C)(F)F)c2F)c2cn(C3(CF)CC3C)c(=O)cc2n1. The third-order valence-electron chi connectivity index (χ3n) is 6.29. The summed E-state index contributed by atoms with van der Waals surface area (Å²) in [6.45, 7) is 5.12. The molecule has 0 saturated heterocycles. The predicted molar refractivity (Wildman–Crippen MR) is 114 cm³/mol. The van der Waals surface area contributed by atoms with Crippen molar-refractivity contribution >= 4 is 16.7 Å². The number of rotatable bonds is 6. The van der Waals surface area contributed by atoms with Crippen molar-refractivity contribution in [2.24, 2.45) is 5.92 Å². The second kappa shape index (κ2) is 7.56. The fourth-order valence-electron chi connectivity index (χ4n) is 4.24. The van der Waals surface area contributed by atoms with Crippen LogP contribution in [-0.4, -0.2) is 21.2 Å². The topological polar surface area (TPSA) is 59.8 Å². The van der Waals surface area contributed by atoms with E-state index in [1.54, 1.807) is 13.8 Å². The summed E-state index contributed by atoms with van der Waals surface area (Å²) < 4.78 is 57.6. The van der Waals surface area contributed by atoms with E-state index in [2.05, 4.69) is 15.3 Å². The molecule has 0 bridgehead atoms. The van der Waals surface area contributed by atoms with E-state index in [1.165, 1.54) is 29.0 Å². The minimum Gasteiger partial charge on any atom is -0.363 e. The Hall–Kier alpha value is -2.97. The molecule has 3 atom stereocenters. The number of benzene rings is 1. The molecule has 2 unspecified atom stereocenters. The first-order chi connectivity index (χ1) is 15.0. The van der Waals surface area contributed by atoms with Crippen LogP contribution in [0.3, 0.4) is 0 Å². The van der Waals surface area contributed by atoms with Gasteiger partial charge in [-0.1, -0.05) is 25.1 Å². The van der Waals surface area contributed by atoms with Gasteiger partial charge in [-0.2, -0.15) is 0 Å². The van der Waals surface area contributed by atoms with Crippen molar-refractivity contribution in [2.75, 3.05) is 12.0 Å². The highest BCUT2D eigenvalue weighted by molar-refractivity contribution is 5.88. The molecule has 1 aliphatic carbocycles. The first-order valence-corrected chi connectivity index (χ1v) is 10.4. The average molecular weight is 448 g/mol. The molecular weight excluding hydrogens is 424 g/mol. The van der Waals surface area contributed by atoms with Crippen molar-refractivity contribution in [3.05, 3.63) is 63.6 Å². The molecule has 1 saturated carbocycles. The first kappa shape index (κ1) is 22.2. The fourth-order valence-corrected chi connectivity index (χ4v) is 4.24. The lowest BCUT2D eigenvalue weighted by atomic mass is 10.0. The van der Waals surface area contributed by atoms with Gasteiger partial charge < -0.3 is 9.88 Å². The second-order valence-electron chi connectivity index (χ2n) is 8.71. The number of aryl methyl sites for hydroxylation is 1. The zero-order valence-corrected chi connectivity index (χ0v) is 18.2. The number of anilines is 1. The zero-order chi connectivity index (χ0) is 23.4. The Morgan fingerprint density at radius 3 is 2.62 bits per heavy atom. The molecule has 0 spiro atoms. The van der Waals surface area contributed by atoms with Gasteiger partial charge in [0.15, 0.2) is 0 Å². The third kappa shape index (κ3) is 3.63. The van der Waals surface area contributed by atoms with E-state index in [0.717, 1.165) is 6.07 Å². The molecule has 1 aliphatic rings. The zero-order valence-electron chi connectivity index (χ0n) is 18.2. The van der Waals surface area contributed by atoms with Crippen LogP contribution < -0.4 is 10.9 Å². The van der Waals surface area contributed by atoms with Gasteiger partial charge in [-0.15, -0.1) is 0 Å². The van der Waals surface area contributed by atoms with Gasteiger partial charge >= 0.3 is 0 Å². The van der Waals surface area contributed by atoms with Crippen LogP contribution in [0.2, 0.25) is 0 Å². The van der Waals surface area contributed by atoms with E-state index in [1.807, 2.05) is 6.92 Å². The van der Waals surface area contributed by atoms with Crippen LogP contribution in [0.15, 0.2) is 35.3 Å². The van der Waals surface area contributed by atoms with E-state index in [4.69, 9.17) is 0 Å². The molecule has 9 heteroatoms. The number of fused-ring (bicyclic) bond motifs is 1. The van der Waals surface area contributed by atoms with Crippen molar-refractivity contribution in [1.82, 2.24) is 14.5 Å². The monoisotopic (exact) mass is 448 g/mol. The number of alkyl halides is 3. The van der Waals surface area contributed by atoms with Crippen LogP contribution in [-0.2, 0) is 11.5 Å². The summed E-state index contributed by atoms with van der Waals surface area (Å²) in [7, 11) is 0. The van der Waals surface area contributed by atoms with Gasteiger partial charge in [-0.25, -0.2) is 27.5 Å². The van der Waals surface area contributed by atoms with Crippen LogP contribution in [0, 0.1) is 18.7 Å². The van der Waals surface area contributed by atoms with E-state index in [9.17, 15) is 22.4 Å². The molecule has 2 heterocycles. The second-order valence-corrected chi connectivity index (χ2v) is 8.71. The summed E-state index contributed by atoms with van der Waals surface area (Å²) >= 11 is 0. The van der Waals surface area contributed by atoms with E-state index < -0.39 is 35.6 Å². The third-order valence-corrected chi connectivity index (χ3v) is 6.29. The van der Waals surface area contributed by atoms with Crippen molar-refractivity contribution < 1.29 is 17.6 Å². The van der Waals surface area contributed by atoms with Gasteiger partial charge in [0.1, 0.15) is 24.1 Å².